The van der Waals surface area contributed by atoms with Crippen LogP contribution in [0.25, 0.3) is 0 Å². The predicted octanol–water partition coefficient (Wildman–Crippen LogP) is 3.15. The summed E-state index contributed by atoms with van der Waals surface area (Å²) in [6.45, 7) is 6.03. The molecule has 0 aliphatic heterocycles. The average molecular weight is 340 g/mol. The van der Waals surface area contributed by atoms with Crippen LogP contribution in [0.15, 0.2) is 17.0 Å². The summed E-state index contributed by atoms with van der Waals surface area (Å²) in [5.41, 5.74) is 0.304. The molecule has 1 N–H and O–H groups in total. The van der Waals surface area contributed by atoms with Crippen LogP contribution in [0.5, 0.6) is 0 Å². The average Bonchev–Trinajstić information content (AvgIpc) is 2.37. The molecule has 0 spiro atoms. The number of benzene rings is 1. The lowest BCUT2D eigenvalue weighted by Crippen LogP contribution is -2.34. The van der Waals surface area contributed by atoms with Gasteiger partial charge >= 0.3 is 0 Å². The molecule has 0 amide bonds. The Labute approximate surface area is 130 Å². The van der Waals surface area contributed by atoms with Crippen molar-refractivity contribution in [2.75, 3.05) is 13.1 Å². The van der Waals surface area contributed by atoms with Gasteiger partial charge in [-0.2, -0.15) is 4.31 Å². The lowest BCUT2D eigenvalue weighted by atomic mass is 10.2. The van der Waals surface area contributed by atoms with Gasteiger partial charge in [-0.3, -0.25) is 0 Å². The molecule has 0 bridgehead atoms. The lowest BCUT2D eigenvalue weighted by Gasteiger charge is -2.23. The van der Waals surface area contributed by atoms with Gasteiger partial charge in [0.25, 0.3) is 0 Å². The zero-order chi connectivity index (χ0) is 15.5. The van der Waals surface area contributed by atoms with Crippen LogP contribution in [-0.2, 0) is 16.6 Å². The Balaban J connectivity index is 3.37. The molecule has 0 unspecified atom stereocenters. The Morgan fingerprint density at radius 3 is 2.35 bits per heavy atom. The van der Waals surface area contributed by atoms with Crippen molar-refractivity contribution in [3.05, 3.63) is 27.7 Å². The second kappa shape index (κ2) is 7.09. The summed E-state index contributed by atoms with van der Waals surface area (Å²) in [4.78, 5) is -0.0572. The van der Waals surface area contributed by atoms with Crippen LogP contribution in [0.2, 0.25) is 10.0 Å². The Bertz CT molecular complexity index is 573. The van der Waals surface area contributed by atoms with Gasteiger partial charge in [0, 0.05) is 18.1 Å². The first-order chi connectivity index (χ1) is 9.23. The fourth-order valence-electron chi connectivity index (χ4n) is 1.86. The summed E-state index contributed by atoms with van der Waals surface area (Å²) in [5.74, 6) is 0.194. The van der Waals surface area contributed by atoms with E-state index in [0.717, 1.165) is 0 Å². The molecule has 7 heteroatoms. The Morgan fingerprint density at radius 1 is 1.30 bits per heavy atom. The molecule has 0 saturated carbocycles. The van der Waals surface area contributed by atoms with E-state index in [1.54, 1.807) is 6.92 Å². The van der Waals surface area contributed by atoms with E-state index >= 15 is 0 Å². The molecule has 0 aliphatic rings. The van der Waals surface area contributed by atoms with E-state index < -0.39 is 10.0 Å². The lowest BCUT2D eigenvalue weighted by molar-refractivity contribution is 0.281. The molecular weight excluding hydrogens is 321 g/mol. The van der Waals surface area contributed by atoms with Gasteiger partial charge in [-0.05, 0) is 23.6 Å². The molecule has 0 fully saturated rings. The molecular formula is C13H19Cl2NO3S. The molecule has 1 aromatic rings. The maximum Gasteiger partial charge on any atom is 0.244 e. The minimum absolute atomic E-state index is 0.0270. The van der Waals surface area contributed by atoms with Crippen molar-refractivity contribution in [3.8, 4) is 0 Å². The van der Waals surface area contributed by atoms with Crippen LogP contribution in [0.3, 0.4) is 0 Å². The SMILES string of the molecule is CCN(CC(C)C)S(=O)(=O)c1cc(Cl)cc(CO)c1Cl. The molecule has 0 aromatic heterocycles. The summed E-state index contributed by atoms with van der Waals surface area (Å²) in [7, 11) is -3.73. The predicted molar refractivity (Wildman–Crippen MR) is 81.7 cm³/mol. The molecule has 0 atom stereocenters. The number of sulfonamides is 1. The van der Waals surface area contributed by atoms with Gasteiger partial charge in [-0.25, -0.2) is 8.42 Å². The topological polar surface area (TPSA) is 57.6 Å². The van der Waals surface area contributed by atoms with Gasteiger partial charge in [0.1, 0.15) is 4.90 Å². The largest absolute Gasteiger partial charge is 0.392 e. The van der Waals surface area contributed by atoms with Crippen molar-refractivity contribution >= 4 is 33.2 Å². The molecule has 20 heavy (non-hydrogen) atoms. The second-order valence-corrected chi connectivity index (χ2v) is 7.61. The maximum absolute atomic E-state index is 12.6. The van der Waals surface area contributed by atoms with Gasteiger partial charge < -0.3 is 5.11 Å². The fraction of sp³-hybridized carbons (Fsp3) is 0.538. The molecule has 1 aromatic carbocycles. The van der Waals surface area contributed by atoms with E-state index in [2.05, 4.69) is 0 Å². The van der Waals surface area contributed by atoms with Crippen LogP contribution >= 0.6 is 23.2 Å². The van der Waals surface area contributed by atoms with Gasteiger partial charge in [-0.1, -0.05) is 44.0 Å². The van der Waals surface area contributed by atoms with E-state index in [9.17, 15) is 13.5 Å². The zero-order valence-corrected chi connectivity index (χ0v) is 14.1. The quantitative estimate of drug-likeness (QED) is 0.865. The smallest absolute Gasteiger partial charge is 0.244 e. The molecule has 0 radical (unpaired) electrons. The van der Waals surface area contributed by atoms with E-state index in [1.807, 2.05) is 13.8 Å². The summed E-state index contributed by atoms with van der Waals surface area (Å²) in [6.07, 6.45) is 0. The van der Waals surface area contributed by atoms with Crippen LogP contribution in [0, 0.1) is 5.92 Å². The number of halogens is 2. The van der Waals surface area contributed by atoms with Crippen LogP contribution < -0.4 is 0 Å². The number of aliphatic hydroxyl groups excluding tert-OH is 1. The van der Waals surface area contributed by atoms with E-state index in [1.165, 1.54) is 16.4 Å². The van der Waals surface area contributed by atoms with Crippen LogP contribution in [0.4, 0.5) is 0 Å². The van der Waals surface area contributed by atoms with E-state index in [4.69, 9.17) is 23.2 Å². The van der Waals surface area contributed by atoms with Crippen LogP contribution in [-0.4, -0.2) is 30.9 Å². The third kappa shape index (κ3) is 3.86. The second-order valence-electron chi connectivity index (χ2n) is 4.88. The van der Waals surface area contributed by atoms with Crippen molar-refractivity contribution in [3.63, 3.8) is 0 Å². The summed E-state index contributed by atoms with van der Waals surface area (Å²) in [6, 6.07) is 2.78. The third-order valence-corrected chi connectivity index (χ3v) is 5.53. The van der Waals surface area contributed by atoms with Gasteiger partial charge in [0.2, 0.25) is 10.0 Å². The number of rotatable bonds is 6. The molecule has 0 saturated heterocycles. The Hall–Kier alpha value is -0.330. The zero-order valence-electron chi connectivity index (χ0n) is 11.7. The number of hydrogen-bond acceptors (Lipinski definition) is 3. The highest BCUT2D eigenvalue weighted by atomic mass is 35.5. The molecule has 4 nitrogen and oxygen atoms in total. The van der Waals surface area contributed by atoms with Gasteiger partial charge in [0.15, 0.2) is 0 Å². The van der Waals surface area contributed by atoms with Crippen molar-refractivity contribution in [2.24, 2.45) is 5.92 Å². The first-order valence-electron chi connectivity index (χ1n) is 6.32. The number of aliphatic hydroxyl groups is 1. The van der Waals surface area contributed by atoms with Crippen LogP contribution in [0.1, 0.15) is 26.3 Å². The summed E-state index contributed by atoms with van der Waals surface area (Å²) < 4.78 is 26.6. The maximum atomic E-state index is 12.6. The highest BCUT2D eigenvalue weighted by Gasteiger charge is 2.27. The minimum atomic E-state index is -3.73. The highest BCUT2D eigenvalue weighted by molar-refractivity contribution is 7.89. The van der Waals surface area contributed by atoms with Crippen molar-refractivity contribution in [1.29, 1.82) is 0 Å². The Morgan fingerprint density at radius 2 is 1.90 bits per heavy atom. The number of nitrogens with zero attached hydrogens (tertiary/aromatic N) is 1. The van der Waals surface area contributed by atoms with Crippen molar-refractivity contribution in [2.45, 2.75) is 32.3 Å². The van der Waals surface area contributed by atoms with E-state index in [-0.39, 0.29) is 27.5 Å². The van der Waals surface area contributed by atoms with E-state index in [0.29, 0.717) is 18.7 Å². The first kappa shape index (κ1) is 17.7. The first-order valence-corrected chi connectivity index (χ1v) is 8.52. The minimum Gasteiger partial charge on any atom is -0.392 e. The Kier molecular flexibility index (Phi) is 6.28. The number of hydrogen-bond donors (Lipinski definition) is 1. The molecule has 1 rings (SSSR count). The molecule has 0 heterocycles. The van der Waals surface area contributed by atoms with Crippen molar-refractivity contribution in [1.82, 2.24) is 4.31 Å². The summed E-state index contributed by atoms with van der Waals surface area (Å²) in [5, 5.41) is 9.48. The highest BCUT2D eigenvalue weighted by Crippen LogP contribution is 2.31. The van der Waals surface area contributed by atoms with Gasteiger partial charge in [-0.15, -0.1) is 0 Å². The summed E-state index contributed by atoms with van der Waals surface area (Å²) >= 11 is 12.0. The standard InChI is InChI=1S/C13H19Cl2NO3S/c1-4-16(7-9(2)3)20(18,19)12-6-11(14)5-10(8-17)13(12)15/h5-6,9,17H,4,7-8H2,1-3H3. The molecule has 114 valence electrons. The fourth-order valence-corrected chi connectivity index (χ4v) is 4.38. The molecule has 0 aliphatic carbocycles. The normalized spacial score (nSPS) is 12.4. The monoisotopic (exact) mass is 339 g/mol. The third-order valence-electron chi connectivity index (χ3n) is 2.79. The van der Waals surface area contributed by atoms with Gasteiger partial charge in [0.05, 0.1) is 11.6 Å². The van der Waals surface area contributed by atoms with Crippen molar-refractivity contribution < 1.29 is 13.5 Å².